The lowest BCUT2D eigenvalue weighted by Crippen LogP contribution is -2.25. The van der Waals surface area contributed by atoms with Crippen LogP contribution in [-0.2, 0) is 14.8 Å². The van der Waals surface area contributed by atoms with Gasteiger partial charge in [-0.25, -0.2) is 13.1 Å². The third-order valence-corrected chi connectivity index (χ3v) is 5.36. The SMILES string of the molecule is O=C(O)CCCNS(=O)(=O)c1cc(Br)sc1Cl. The number of aliphatic carboxylic acids is 1. The van der Waals surface area contributed by atoms with Gasteiger partial charge in [0.2, 0.25) is 10.0 Å². The first-order valence-electron chi connectivity index (χ1n) is 4.49. The molecule has 0 aliphatic heterocycles. The van der Waals surface area contributed by atoms with E-state index in [4.69, 9.17) is 16.7 Å². The molecule has 0 saturated heterocycles. The van der Waals surface area contributed by atoms with E-state index in [-0.39, 0.29) is 28.6 Å². The maximum atomic E-state index is 11.8. The zero-order valence-corrected chi connectivity index (χ0v) is 12.4. The molecule has 0 saturated carbocycles. The monoisotopic (exact) mass is 361 g/mol. The number of carbonyl (C=O) groups is 1. The Hall–Kier alpha value is -0.150. The fourth-order valence-electron chi connectivity index (χ4n) is 1.03. The smallest absolute Gasteiger partial charge is 0.303 e. The fourth-order valence-corrected chi connectivity index (χ4v) is 4.88. The van der Waals surface area contributed by atoms with E-state index >= 15 is 0 Å². The van der Waals surface area contributed by atoms with Crippen molar-refractivity contribution in [3.8, 4) is 0 Å². The number of carboxylic acids is 1. The van der Waals surface area contributed by atoms with Gasteiger partial charge in [0.15, 0.2) is 0 Å². The molecule has 0 fully saturated rings. The number of rotatable bonds is 6. The summed E-state index contributed by atoms with van der Waals surface area (Å²) < 4.78 is 26.6. The van der Waals surface area contributed by atoms with Crippen LogP contribution in [0.3, 0.4) is 0 Å². The average Bonchev–Trinajstić information content (AvgIpc) is 2.53. The van der Waals surface area contributed by atoms with Gasteiger partial charge in [-0.2, -0.15) is 0 Å². The number of hydrogen-bond acceptors (Lipinski definition) is 4. The molecule has 0 aliphatic rings. The second kappa shape index (κ2) is 6.14. The summed E-state index contributed by atoms with van der Waals surface area (Å²) in [5.41, 5.74) is 0. The number of halogens is 2. The van der Waals surface area contributed by atoms with E-state index in [2.05, 4.69) is 20.7 Å². The third-order valence-electron chi connectivity index (χ3n) is 1.77. The normalized spacial score (nSPS) is 11.6. The van der Waals surface area contributed by atoms with Gasteiger partial charge in [-0.15, -0.1) is 11.3 Å². The molecule has 0 amide bonds. The summed E-state index contributed by atoms with van der Waals surface area (Å²) in [5.74, 6) is -0.958. The molecule has 0 aliphatic carbocycles. The summed E-state index contributed by atoms with van der Waals surface area (Å²) in [6.45, 7) is 0.0679. The Morgan fingerprint density at radius 2 is 2.24 bits per heavy atom. The summed E-state index contributed by atoms with van der Waals surface area (Å²) in [6, 6.07) is 1.41. The van der Waals surface area contributed by atoms with Crippen LogP contribution in [0.15, 0.2) is 14.7 Å². The third kappa shape index (κ3) is 4.55. The molecule has 0 radical (unpaired) electrons. The van der Waals surface area contributed by atoms with Crippen molar-refractivity contribution in [1.82, 2.24) is 4.72 Å². The lowest BCUT2D eigenvalue weighted by Gasteiger charge is -2.04. The minimum absolute atomic E-state index is 0.00590. The summed E-state index contributed by atoms with van der Waals surface area (Å²) in [4.78, 5) is 10.3. The quantitative estimate of drug-likeness (QED) is 0.761. The lowest BCUT2D eigenvalue weighted by atomic mass is 10.3. The van der Waals surface area contributed by atoms with Crippen LogP contribution in [-0.4, -0.2) is 26.0 Å². The van der Waals surface area contributed by atoms with Crippen molar-refractivity contribution >= 4 is 54.9 Å². The highest BCUT2D eigenvalue weighted by Gasteiger charge is 2.20. The number of hydrogen-bond donors (Lipinski definition) is 2. The maximum absolute atomic E-state index is 11.8. The number of carboxylic acid groups (broad SMARTS) is 1. The Labute approximate surface area is 116 Å². The van der Waals surface area contributed by atoms with Crippen molar-refractivity contribution in [3.05, 3.63) is 14.2 Å². The van der Waals surface area contributed by atoms with Gasteiger partial charge < -0.3 is 5.11 Å². The molecular formula is C8H9BrClNO4S2. The maximum Gasteiger partial charge on any atom is 0.303 e. The van der Waals surface area contributed by atoms with E-state index in [1.807, 2.05) is 0 Å². The standard InChI is InChI=1S/C8H9BrClNO4S2/c9-6-4-5(8(10)16-6)17(14,15)11-3-1-2-7(12)13/h4,11H,1-3H2,(H,12,13). The van der Waals surface area contributed by atoms with Gasteiger partial charge in [0.05, 0.1) is 3.79 Å². The van der Waals surface area contributed by atoms with Gasteiger partial charge in [-0.3, -0.25) is 4.79 Å². The predicted octanol–water partition coefficient (Wildman–Crippen LogP) is 2.31. The van der Waals surface area contributed by atoms with E-state index in [0.717, 1.165) is 11.3 Å². The minimum Gasteiger partial charge on any atom is -0.481 e. The van der Waals surface area contributed by atoms with E-state index in [1.165, 1.54) is 6.07 Å². The largest absolute Gasteiger partial charge is 0.481 e. The van der Waals surface area contributed by atoms with Crippen molar-refractivity contribution in [2.24, 2.45) is 0 Å². The zero-order chi connectivity index (χ0) is 13.1. The van der Waals surface area contributed by atoms with E-state index in [9.17, 15) is 13.2 Å². The van der Waals surface area contributed by atoms with E-state index in [0.29, 0.717) is 3.79 Å². The van der Waals surface area contributed by atoms with Gasteiger partial charge in [0, 0.05) is 13.0 Å². The second-order valence-electron chi connectivity index (χ2n) is 3.08. The van der Waals surface area contributed by atoms with Gasteiger partial charge in [-0.1, -0.05) is 11.6 Å². The molecule has 9 heteroatoms. The van der Waals surface area contributed by atoms with Crippen LogP contribution in [0.25, 0.3) is 0 Å². The number of sulfonamides is 1. The topological polar surface area (TPSA) is 83.5 Å². The van der Waals surface area contributed by atoms with Gasteiger partial charge in [0.25, 0.3) is 0 Å². The first-order chi connectivity index (χ1) is 7.83. The summed E-state index contributed by atoms with van der Waals surface area (Å²) >= 11 is 10.0. The highest BCUT2D eigenvalue weighted by molar-refractivity contribution is 9.11. The highest BCUT2D eigenvalue weighted by Crippen LogP contribution is 2.34. The lowest BCUT2D eigenvalue weighted by molar-refractivity contribution is -0.137. The first kappa shape index (κ1) is 14.9. The van der Waals surface area contributed by atoms with Crippen molar-refractivity contribution in [3.63, 3.8) is 0 Å². The molecular weight excluding hydrogens is 354 g/mol. The van der Waals surface area contributed by atoms with Crippen LogP contribution in [0.5, 0.6) is 0 Å². The van der Waals surface area contributed by atoms with Crippen molar-refractivity contribution in [1.29, 1.82) is 0 Å². The van der Waals surface area contributed by atoms with Gasteiger partial charge in [0.1, 0.15) is 9.23 Å². The summed E-state index contributed by atoms with van der Waals surface area (Å²) in [7, 11) is -3.66. The Balaban J connectivity index is 2.63. The van der Waals surface area contributed by atoms with Crippen LogP contribution in [0.1, 0.15) is 12.8 Å². The molecule has 1 rings (SSSR count). The molecule has 1 aromatic heterocycles. The molecule has 1 aromatic rings. The fraction of sp³-hybridized carbons (Fsp3) is 0.375. The van der Waals surface area contributed by atoms with Crippen molar-refractivity contribution < 1.29 is 18.3 Å². The molecule has 0 unspecified atom stereocenters. The van der Waals surface area contributed by atoms with E-state index in [1.54, 1.807) is 0 Å². The van der Waals surface area contributed by atoms with E-state index < -0.39 is 16.0 Å². The van der Waals surface area contributed by atoms with Crippen LogP contribution in [0.4, 0.5) is 0 Å². The van der Waals surface area contributed by atoms with Crippen LogP contribution in [0.2, 0.25) is 4.34 Å². The number of nitrogens with one attached hydrogen (secondary N) is 1. The predicted molar refractivity (Wildman–Crippen MR) is 69.1 cm³/mol. The van der Waals surface area contributed by atoms with Crippen molar-refractivity contribution in [2.75, 3.05) is 6.54 Å². The molecule has 0 spiro atoms. The minimum atomic E-state index is -3.66. The second-order valence-corrected chi connectivity index (χ2v) is 7.85. The average molecular weight is 363 g/mol. The molecule has 17 heavy (non-hydrogen) atoms. The number of thiophene rings is 1. The highest BCUT2D eigenvalue weighted by atomic mass is 79.9. The molecule has 96 valence electrons. The molecule has 0 aromatic carbocycles. The van der Waals surface area contributed by atoms with Gasteiger partial charge in [-0.05, 0) is 28.4 Å². The summed E-state index contributed by atoms with van der Waals surface area (Å²) in [5, 5.41) is 8.40. The van der Waals surface area contributed by atoms with Crippen LogP contribution < -0.4 is 4.72 Å². The first-order valence-corrected chi connectivity index (χ1v) is 7.96. The molecule has 2 N–H and O–H groups in total. The molecule has 0 bridgehead atoms. The Morgan fingerprint density at radius 1 is 1.59 bits per heavy atom. The molecule has 0 atom stereocenters. The Bertz CT molecular complexity index is 514. The Morgan fingerprint density at radius 3 is 2.71 bits per heavy atom. The van der Waals surface area contributed by atoms with Crippen LogP contribution >= 0.6 is 38.9 Å². The molecule has 5 nitrogen and oxygen atoms in total. The summed E-state index contributed by atoms with van der Waals surface area (Å²) in [6.07, 6.45) is 0.154. The van der Waals surface area contributed by atoms with Crippen molar-refractivity contribution in [2.45, 2.75) is 17.7 Å². The van der Waals surface area contributed by atoms with Gasteiger partial charge >= 0.3 is 5.97 Å². The zero-order valence-electron chi connectivity index (χ0n) is 8.44. The van der Waals surface area contributed by atoms with Crippen LogP contribution in [0, 0.1) is 0 Å². The Kier molecular flexibility index (Phi) is 5.39. The molecule has 1 heterocycles.